The van der Waals surface area contributed by atoms with Crippen molar-refractivity contribution in [3.05, 3.63) is 41.5 Å². The van der Waals surface area contributed by atoms with Crippen LogP contribution in [0.2, 0.25) is 0 Å². The van der Waals surface area contributed by atoms with Crippen LogP contribution in [0.4, 0.5) is 0 Å². The van der Waals surface area contributed by atoms with Crippen LogP contribution in [0.25, 0.3) is 5.57 Å². The highest BCUT2D eigenvalue weighted by molar-refractivity contribution is 5.74. The molecule has 0 spiro atoms. The van der Waals surface area contributed by atoms with Crippen LogP contribution in [-0.4, -0.2) is 12.7 Å². The third-order valence-electron chi connectivity index (χ3n) is 4.35. The molecule has 1 aliphatic carbocycles. The summed E-state index contributed by atoms with van der Waals surface area (Å²) in [5, 5.41) is 0. The lowest BCUT2D eigenvalue weighted by Crippen LogP contribution is -2.35. The molecule has 0 saturated carbocycles. The molecule has 0 amide bonds. The minimum atomic E-state index is -0.286. The number of ether oxygens (including phenoxy) is 2. The summed E-state index contributed by atoms with van der Waals surface area (Å²) in [6.07, 6.45) is 9.51. The van der Waals surface area contributed by atoms with Gasteiger partial charge < -0.3 is 9.47 Å². The van der Waals surface area contributed by atoms with Crippen molar-refractivity contribution in [1.82, 2.24) is 0 Å². The van der Waals surface area contributed by atoms with Crippen molar-refractivity contribution in [3.63, 3.8) is 0 Å². The molecule has 2 nitrogen and oxygen atoms in total. The molecule has 3 rings (SSSR count). The van der Waals surface area contributed by atoms with Crippen LogP contribution in [-0.2, 0) is 0 Å². The first-order valence-electron chi connectivity index (χ1n) is 7.39. The van der Waals surface area contributed by atoms with Crippen LogP contribution in [0.1, 0.15) is 45.1 Å². The largest absolute Gasteiger partial charge is 0.497 e. The van der Waals surface area contributed by atoms with Crippen LogP contribution in [0.5, 0.6) is 11.5 Å². The highest BCUT2D eigenvalue weighted by atomic mass is 16.5. The molecular formula is C18H22O2. The number of hydrogen-bond acceptors (Lipinski definition) is 2. The van der Waals surface area contributed by atoms with Crippen molar-refractivity contribution in [2.24, 2.45) is 0 Å². The number of hydrogen-bond donors (Lipinski definition) is 0. The van der Waals surface area contributed by atoms with Gasteiger partial charge in [-0.15, -0.1) is 0 Å². The highest BCUT2D eigenvalue weighted by Gasteiger charge is 2.33. The molecule has 2 heteroatoms. The van der Waals surface area contributed by atoms with Crippen molar-refractivity contribution in [3.8, 4) is 11.5 Å². The monoisotopic (exact) mass is 270 g/mol. The first-order chi connectivity index (χ1) is 9.62. The van der Waals surface area contributed by atoms with E-state index in [0.29, 0.717) is 0 Å². The van der Waals surface area contributed by atoms with Crippen LogP contribution in [0.3, 0.4) is 0 Å². The van der Waals surface area contributed by atoms with Gasteiger partial charge in [-0.05, 0) is 75.0 Å². The summed E-state index contributed by atoms with van der Waals surface area (Å²) in [6.45, 7) is 4.34. The van der Waals surface area contributed by atoms with E-state index >= 15 is 0 Å². The molecule has 0 N–H and O–H groups in total. The van der Waals surface area contributed by atoms with E-state index in [2.05, 4.69) is 32.1 Å². The van der Waals surface area contributed by atoms with Gasteiger partial charge in [-0.3, -0.25) is 0 Å². The number of allylic oxidation sites excluding steroid dienone is 2. The Labute approximate surface area is 121 Å². The Kier molecular flexibility index (Phi) is 3.33. The summed E-state index contributed by atoms with van der Waals surface area (Å²) < 4.78 is 11.6. The number of methoxy groups -OCH3 is 1. The predicted octanol–water partition coefficient (Wildman–Crippen LogP) is 4.75. The standard InChI is InChI=1S/C18H22O2/c1-13-12-18(2,14-7-5-4-6-8-14)20-17-10-9-15(19-3)11-16(13)17/h7,9-12H,4-6,8H2,1-3H3/t18-/m1/s1. The van der Waals surface area contributed by atoms with Crippen molar-refractivity contribution < 1.29 is 9.47 Å². The van der Waals surface area contributed by atoms with E-state index in [-0.39, 0.29) is 5.60 Å². The third-order valence-corrected chi connectivity index (χ3v) is 4.35. The maximum Gasteiger partial charge on any atom is 0.146 e. The molecule has 0 aromatic heterocycles. The molecule has 1 atom stereocenters. The summed E-state index contributed by atoms with van der Waals surface area (Å²) in [7, 11) is 1.70. The van der Waals surface area contributed by atoms with Crippen LogP contribution >= 0.6 is 0 Å². The Balaban J connectivity index is 2.00. The van der Waals surface area contributed by atoms with Crippen molar-refractivity contribution in [2.45, 2.75) is 45.1 Å². The van der Waals surface area contributed by atoms with Crippen LogP contribution < -0.4 is 9.47 Å². The minimum absolute atomic E-state index is 0.286. The van der Waals surface area contributed by atoms with Crippen molar-refractivity contribution in [1.29, 1.82) is 0 Å². The van der Waals surface area contributed by atoms with E-state index in [1.54, 1.807) is 7.11 Å². The summed E-state index contributed by atoms with van der Waals surface area (Å²) >= 11 is 0. The first-order valence-corrected chi connectivity index (χ1v) is 7.39. The molecule has 1 heterocycles. The fourth-order valence-electron chi connectivity index (χ4n) is 3.23. The quantitative estimate of drug-likeness (QED) is 0.722. The number of fused-ring (bicyclic) bond motifs is 1. The summed E-state index contributed by atoms with van der Waals surface area (Å²) in [6, 6.07) is 6.04. The zero-order valence-electron chi connectivity index (χ0n) is 12.5. The second-order valence-corrected chi connectivity index (χ2v) is 5.87. The number of rotatable bonds is 2. The van der Waals surface area contributed by atoms with Crippen LogP contribution in [0.15, 0.2) is 35.9 Å². The molecule has 0 radical (unpaired) electrons. The van der Waals surface area contributed by atoms with Gasteiger partial charge in [0.2, 0.25) is 0 Å². The molecule has 0 fully saturated rings. The van der Waals surface area contributed by atoms with Gasteiger partial charge >= 0.3 is 0 Å². The summed E-state index contributed by atoms with van der Waals surface area (Å²) in [5.74, 6) is 1.83. The lowest BCUT2D eigenvalue weighted by atomic mass is 9.83. The van der Waals surface area contributed by atoms with Gasteiger partial charge in [0.25, 0.3) is 0 Å². The molecule has 106 valence electrons. The molecule has 1 aromatic carbocycles. The first kappa shape index (κ1) is 13.3. The Bertz CT molecular complexity index is 583. The van der Waals surface area contributed by atoms with Gasteiger partial charge in [0.1, 0.15) is 17.1 Å². The molecule has 1 aromatic rings. The van der Waals surface area contributed by atoms with Crippen LogP contribution in [0, 0.1) is 0 Å². The Hall–Kier alpha value is -1.70. The maximum absolute atomic E-state index is 6.33. The highest BCUT2D eigenvalue weighted by Crippen LogP contribution is 2.42. The van der Waals surface area contributed by atoms with Crippen molar-refractivity contribution in [2.75, 3.05) is 7.11 Å². The lowest BCUT2D eigenvalue weighted by Gasteiger charge is -2.37. The van der Waals surface area contributed by atoms with Gasteiger partial charge in [0.15, 0.2) is 0 Å². The summed E-state index contributed by atoms with van der Waals surface area (Å²) in [4.78, 5) is 0. The molecule has 2 aliphatic rings. The maximum atomic E-state index is 6.33. The fraction of sp³-hybridized carbons (Fsp3) is 0.444. The van der Waals surface area contributed by atoms with E-state index in [1.165, 1.54) is 30.4 Å². The second kappa shape index (κ2) is 5.01. The fourth-order valence-corrected chi connectivity index (χ4v) is 3.23. The van der Waals surface area contributed by atoms with E-state index in [9.17, 15) is 0 Å². The molecule has 0 bridgehead atoms. The topological polar surface area (TPSA) is 18.5 Å². The lowest BCUT2D eigenvalue weighted by molar-refractivity contribution is 0.168. The third kappa shape index (κ3) is 2.24. The van der Waals surface area contributed by atoms with Gasteiger partial charge in [-0.25, -0.2) is 0 Å². The average Bonchev–Trinajstić information content (AvgIpc) is 2.48. The molecule has 1 aliphatic heterocycles. The Morgan fingerprint density at radius 2 is 2.10 bits per heavy atom. The van der Waals surface area contributed by atoms with E-state index in [1.807, 2.05) is 12.1 Å². The second-order valence-electron chi connectivity index (χ2n) is 5.87. The van der Waals surface area contributed by atoms with Gasteiger partial charge in [0.05, 0.1) is 7.11 Å². The van der Waals surface area contributed by atoms with E-state index < -0.39 is 0 Å². The van der Waals surface area contributed by atoms with Gasteiger partial charge in [-0.1, -0.05) is 6.08 Å². The minimum Gasteiger partial charge on any atom is -0.497 e. The number of benzene rings is 1. The van der Waals surface area contributed by atoms with Crippen molar-refractivity contribution >= 4 is 5.57 Å². The van der Waals surface area contributed by atoms with E-state index in [0.717, 1.165) is 23.5 Å². The predicted molar refractivity (Wildman–Crippen MR) is 82.2 cm³/mol. The Morgan fingerprint density at radius 1 is 1.25 bits per heavy atom. The van der Waals surface area contributed by atoms with E-state index in [4.69, 9.17) is 9.47 Å². The molecular weight excluding hydrogens is 248 g/mol. The average molecular weight is 270 g/mol. The molecule has 20 heavy (non-hydrogen) atoms. The zero-order chi connectivity index (χ0) is 14.2. The SMILES string of the molecule is COc1ccc2c(c1)C(C)=C[C@](C)(C1=CCCCC1)O2. The van der Waals surface area contributed by atoms with Gasteiger partial charge in [-0.2, -0.15) is 0 Å². The smallest absolute Gasteiger partial charge is 0.146 e. The Morgan fingerprint density at radius 3 is 2.80 bits per heavy atom. The normalized spacial score (nSPS) is 25.1. The molecule has 0 unspecified atom stereocenters. The van der Waals surface area contributed by atoms with Gasteiger partial charge in [0, 0.05) is 5.56 Å². The molecule has 0 saturated heterocycles. The zero-order valence-corrected chi connectivity index (χ0v) is 12.5. The summed E-state index contributed by atoms with van der Waals surface area (Å²) in [5.41, 5.74) is 3.54.